The smallest absolute Gasteiger partial charge is 0.0722 e. The third-order valence-electron chi connectivity index (χ3n) is 5.01. The second-order valence-electron chi connectivity index (χ2n) is 6.95. The van der Waals surface area contributed by atoms with E-state index in [2.05, 4.69) is 55.3 Å². The van der Waals surface area contributed by atoms with Crippen LogP contribution in [-0.2, 0) is 0 Å². The van der Waals surface area contributed by atoms with Crippen LogP contribution in [0.5, 0.6) is 0 Å². The van der Waals surface area contributed by atoms with E-state index in [0.717, 1.165) is 23.3 Å². The standard InChI is InChI=1S/C19H26N2/c1-13(2)15-10-9-14(3)12-19(15)21-18-8-4-7-17-16(18)6-5-11-20-17/h4-8,11,13-15,19,21H,9-10,12H2,1-3H3. The van der Waals surface area contributed by atoms with Crippen LogP contribution in [0, 0.1) is 17.8 Å². The SMILES string of the molecule is CC1CCC(C(C)C)C(Nc2cccc3ncccc23)C1. The number of nitrogens with one attached hydrogen (secondary N) is 1. The molecule has 3 unspecified atom stereocenters. The van der Waals surface area contributed by atoms with Crippen LogP contribution in [0.2, 0.25) is 0 Å². The van der Waals surface area contributed by atoms with Gasteiger partial charge in [-0.05, 0) is 54.9 Å². The average molecular weight is 282 g/mol. The normalized spacial score (nSPS) is 26.2. The molecule has 0 radical (unpaired) electrons. The maximum absolute atomic E-state index is 4.46. The fourth-order valence-electron chi connectivity index (χ4n) is 3.80. The Kier molecular flexibility index (Phi) is 4.14. The first-order chi connectivity index (χ1) is 10.1. The zero-order chi connectivity index (χ0) is 14.8. The molecular formula is C19H26N2. The van der Waals surface area contributed by atoms with Crippen LogP contribution >= 0.6 is 0 Å². The van der Waals surface area contributed by atoms with Crippen molar-refractivity contribution in [2.45, 2.75) is 46.1 Å². The Bertz CT molecular complexity index is 600. The molecule has 1 fully saturated rings. The highest BCUT2D eigenvalue weighted by Gasteiger charge is 2.30. The summed E-state index contributed by atoms with van der Waals surface area (Å²) in [5.41, 5.74) is 2.32. The van der Waals surface area contributed by atoms with Crippen LogP contribution in [0.4, 0.5) is 5.69 Å². The van der Waals surface area contributed by atoms with Gasteiger partial charge in [0.1, 0.15) is 0 Å². The van der Waals surface area contributed by atoms with Gasteiger partial charge < -0.3 is 5.32 Å². The summed E-state index contributed by atoms with van der Waals surface area (Å²) in [6, 6.07) is 11.2. The molecule has 0 bridgehead atoms. The topological polar surface area (TPSA) is 24.9 Å². The van der Waals surface area contributed by atoms with Crippen molar-refractivity contribution in [2.24, 2.45) is 17.8 Å². The van der Waals surface area contributed by atoms with Crippen LogP contribution in [-0.4, -0.2) is 11.0 Å². The van der Waals surface area contributed by atoms with Crippen molar-refractivity contribution >= 4 is 16.6 Å². The third kappa shape index (κ3) is 3.04. The van der Waals surface area contributed by atoms with E-state index in [1.807, 2.05) is 12.3 Å². The van der Waals surface area contributed by atoms with Gasteiger partial charge in [0.15, 0.2) is 0 Å². The second kappa shape index (κ2) is 6.05. The Hall–Kier alpha value is -1.57. The molecular weight excluding hydrogens is 256 g/mol. The van der Waals surface area contributed by atoms with Crippen molar-refractivity contribution in [3.8, 4) is 0 Å². The van der Waals surface area contributed by atoms with E-state index in [1.54, 1.807) is 0 Å². The molecule has 0 amide bonds. The molecule has 1 N–H and O–H groups in total. The molecule has 1 saturated carbocycles. The summed E-state index contributed by atoms with van der Waals surface area (Å²) in [5.74, 6) is 2.34. The van der Waals surface area contributed by atoms with Crippen molar-refractivity contribution in [1.29, 1.82) is 0 Å². The maximum Gasteiger partial charge on any atom is 0.0722 e. The van der Waals surface area contributed by atoms with Gasteiger partial charge in [0.2, 0.25) is 0 Å². The van der Waals surface area contributed by atoms with Gasteiger partial charge in [-0.2, -0.15) is 0 Å². The summed E-state index contributed by atoms with van der Waals surface area (Å²) in [5, 5.41) is 5.08. The highest BCUT2D eigenvalue weighted by atomic mass is 14.9. The number of aromatic nitrogens is 1. The molecule has 2 nitrogen and oxygen atoms in total. The largest absolute Gasteiger partial charge is 0.381 e. The lowest BCUT2D eigenvalue weighted by Gasteiger charge is -2.38. The van der Waals surface area contributed by atoms with Gasteiger partial charge >= 0.3 is 0 Å². The first kappa shape index (κ1) is 14.4. The van der Waals surface area contributed by atoms with E-state index in [-0.39, 0.29) is 0 Å². The number of anilines is 1. The molecule has 0 spiro atoms. The number of hydrogen-bond donors (Lipinski definition) is 1. The lowest BCUT2D eigenvalue weighted by atomic mass is 9.74. The number of fused-ring (bicyclic) bond motifs is 1. The number of pyridine rings is 1. The molecule has 3 atom stereocenters. The quantitative estimate of drug-likeness (QED) is 0.846. The number of hydrogen-bond acceptors (Lipinski definition) is 2. The summed E-state index contributed by atoms with van der Waals surface area (Å²) in [4.78, 5) is 4.46. The van der Waals surface area contributed by atoms with Crippen molar-refractivity contribution in [3.05, 3.63) is 36.5 Å². The minimum atomic E-state index is 0.583. The van der Waals surface area contributed by atoms with Crippen molar-refractivity contribution in [1.82, 2.24) is 4.98 Å². The van der Waals surface area contributed by atoms with Crippen LogP contribution in [0.3, 0.4) is 0 Å². The monoisotopic (exact) mass is 282 g/mol. The van der Waals surface area contributed by atoms with E-state index in [4.69, 9.17) is 0 Å². The first-order valence-corrected chi connectivity index (χ1v) is 8.25. The highest BCUT2D eigenvalue weighted by Crippen LogP contribution is 2.36. The number of benzene rings is 1. The summed E-state index contributed by atoms with van der Waals surface area (Å²) in [6.45, 7) is 7.11. The fourth-order valence-corrected chi connectivity index (χ4v) is 3.80. The lowest BCUT2D eigenvalue weighted by Crippen LogP contribution is -2.37. The molecule has 1 heterocycles. The van der Waals surface area contributed by atoms with Gasteiger partial charge in [0.25, 0.3) is 0 Å². The van der Waals surface area contributed by atoms with Crippen molar-refractivity contribution < 1.29 is 0 Å². The minimum Gasteiger partial charge on any atom is -0.381 e. The highest BCUT2D eigenvalue weighted by molar-refractivity contribution is 5.91. The summed E-state index contributed by atoms with van der Waals surface area (Å²) >= 11 is 0. The summed E-state index contributed by atoms with van der Waals surface area (Å²) in [6.07, 6.45) is 5.86. The van der Waals surface area contributed by atoms with E-state index in [9.17, 15) is 0 Å². The summed E-state index contributed by atoms with van der Waals surface area (Å²) < 4.78 is 0. The first-order valence-electron chi connectivity index (χ1n) is 8.25. The Balaban J connectivity index is 1.89. The zero-order valence-electron chi connectivity index (χ0n) is 13.3. The van der Waals surface area contributed by atoms with E-state index in [0.29, 0.717) is 6.04 Å². The molecule has 21 heavy (non-hydrogen) atoms. The number of rotatable bonds is 3. The van der Waals surface area contributed by atoms with Crippen LogP contribution in [0.15, 0.2) is 36.5 Å². The Morgan fingerprint density at radius 1 is 1.14 bits per heavy atom. The van der Waals surface area contributed by atoms with Gasteiger partial charge in [-0.1, -0.05) is 33.3 Å². The van der Waals surface area contributed by atoms with Gasteiger partial charge in [-0.3, -0.25) is 4.98 Å². The Morgan fingerprint density at radius 3 is 2.81 bits per heavy atom. The Morgan fingerprint density at radius 2 is 2.00 bits per heavy atom. The van der Waals surface area contributed by atoms with Gasteiger partial charge in [-0.15, -0.1) is 0 Å². The van der Waals surface area contributed by atoms with Gasteiger partial charge in [-0.25, -0.2) is 0 Å². The molecule has 112 valence electrons. The van der Waals surface area contributed by atoms with E-state index >= 15 is 0 Å². The molecule has 1 aliphatic rings. The minimum absolute atomic E-state index is 0.583. The van der Waals surface area contributed by atoms with Crippen LogP contribution in [0.1, 0.15) is 40.0 Å². The predicted octanol–water partition coefficient (Wildman–Crippen LogP) is 5.11. The molecule has 0 aliphatic heterocycles. The molecule has 2 aromatic rings. The second-order valence-corrected chi connectivity index (χ2v) is 6.95. The Labute approximate surface area is 128 Å². The van der Waals surface area contributed by atoms with Gasteiger partial charge in [0, 0.05) is 23.3 Å². The van der Waals surface area contributed by atoms with Crippen molar-refractivity contribution in [3.63, 3.8) is 0 Å². The average Bonchev–Trinajstić information content (AvgIpc) is 2.47. The van der Waals surface area contributed by atoms with E-state index in [1.165, 1.54) is 30.3 Å². The molecule has 0 saturated heterocycles. The third-order valence-corrected chi connectivity index (χ3v) is 5.01. The fraction of sp³-hybridized carbons (Fsp3) is 0.526. The maximum atomic E-state index is 4.46. The van der Waals surface area contributed by atoms with Crippen molar-refractivity contribution in [2.75, 3.05) is 5.32 Å². The molecule has 1 aromatic heterocycles. The predicted molar refractivity (Wildman–Crippen MR) is 90.5 cm³/mol. The molecule has 1 aromatic carbocycles. The van der Waals surface area contributed by atoms with Crippen LogP contribution in [0.25, 0.3) is 10.9 Å². The van der Waals surface area contributed by atoms with Crippen LogP contribution < -0.4 is 5.32 Å². The molecule has 3 rings (SSSR count). The molecule has 2 heteroatoms. The van der Waals surface area contributed by atoms with E-state index < -0.39 is 0 Å². The number of nitrogens with zero attached hydrogens (tertiary/aromatic N) is 1. The zero-order valence-corrected chi connectivity index (χ0v) is 13.3. The lowest BCUT2D eigenvalue weighted by molar-refractivity contribution is 0.212. The molecule has 1 aliphatic carbocycles. The van der Waals surface area contributed by atoms with Gasteiger partial charge in [0.05, 0.1) is 5.52 Å². The summed E-state index contributed by atoms with van der Waals surface area (Å²) in [7, 11) is 0.